The molecule has 4 nitrogen and oxygen atoms in total. The summed E-state index contributed by atoms with van der Waals surface area (Å²) in [5.41, 5.74) is 0.545. The van der Waals surface area contributed by atoms with Gasteiger partial charge >= 0.3 is 5.97 Å². The van der Waals surface area contributed by atoms with Gasteiger partial charge in [0.1, 0.15) is 6.54 Å². The van der Waals surface area contributed by atoms with Crippen molar-refractivity contribution >= 4 is 33.3 Å². The standard InChI is InChI=1S/C12H11NO3S/c1-16-11(14)7-13-12(15)9-3-2-8-4-5-17-10(8)6-9/h2-6H,7H2,1H3,(H,13,15). The van der Waals surface area contributed by atoms with Gasteiger partial charge in [0.15, 0.2) is 0 Å². The van der Waals surface area contributed by atoms with Crippen molar-refractivity contribution in [1.29, 1.82) is 0 Å². The Hall–Kier alpha value is -1.88. The Morgan fingerprint density at radius 3 is 2.94 bits per heavy atom. The third kappa shape index (κ3) is 2.62. The molecular weight excluding hydrogens is 238 g/mol. The lowest BCUT2D eigenvalue weighted by Gasteiger charge is -2.03. The van der Waals surface area contributed by atoms with Crippen molar-refractivity contribution in [1.82, 2.24) is 5.32 Å². The zero-order valence-corrected chi connectivity index (χ0v) is 10.0. The lowest BCUT2D eigenvalue weighted by molar-refractivity contribution is -0.139. The summed E-state index contributed by atoms with van der Waals surface area (Å²) < 4.78 is 5.49. The third-order valence-corrected chi connectivity index (χ3v) is 3.22. The average molecular weight is 249 g/mol. The SMILES string of the molecule is COC(=O)CNC(=O)c1ccc2ccsc2c1. The molecule has 0 bridgehead atoms. The van der Waals surface area contributed by atoms with Crippen LogP contribution in [-0.2, 0) is 9.53 Å². The van der Waals surface area contributed by atoms with Crippen LogP contribution in [0.1, 0.15) is 10.4 Å². The van der Waals surface area contributed by atoms with Gasteiger partial charge < -0.3 is 10.1 Å². The van der Waals surface area contributed by atoms with Gasteiger partial charge in [-0.05, 0) is 29.0 Å². The molecule has 0 fully saturated rings. The number of thiophene rings is 1. The van der Waals surface area contributed by atoms with Gasteiger partial charge in [0.2, 0.25) is 0 Å². The van der Waals surface area contributed by atoms with Gasteiger partial charge in [-0.3, -0.25) is 9.59 Å². The predicted molar refractivity (Wildman–Crippen MR) is 66.2 cm³/mol. The summed E-state index contributed by atoms with van der Waals surface area (Å²) in [5.74, 6) is -0.735. The maximum absolute atomic E-state index is 11.7. The van der Waals surface area contributed by atoms with E-state index in [1.54, 1.807) is 17.4 Å². The Balaban J connectivity index is 2.10. The number of rotatable bonds is 3. The molecule has 5 heteroatoms. The first-order valence-corrected chi connectivity index (χ1v) is 5.91. The number of methoxy groups -OCH3 is 1. The van der Waals surface area contributed by atoms with Crippen LogP contribution >= 0.6 is 11.3 Å². The highest BCUT2D eigenvalue weighted by Crippen LogP contribution is 2.21. The molecule has 88 valence electrons. The Morgan fingerprint density at radius 2 is 2.18 bits per heavy atom. The van der Waals surface area contributed by atoms with Crippen molar-refractivity contribution in [3.63, 3.8) is 0 Å². The van der Waals surface area contributed by atoms with Crippen LogP contribution in [0.5, 0.6) is 0 Å². The summed E-state index contributed by atoms with van der Waals surface area (Å²) in [6, 6.07) is 7.43. The number of fused-ring (bicyclic) bond motifs is 1. The molecule has 1 aromatic heterocycles. The maximum Gasteiger partial charge on any atom is 0.325 e. The Labute approximate surface area is 102 Å². The largest absolute Gasteiger partial charge is 0.468 e. The monoisotopic (exact) mass is 249 g/mol. The van der Waals surface area contributed by atoms with E-state index in [0.717, 1.165) is 10.1 Å². The van der Waals surface area contributed by atoms with Crippen LogP contribution in [0.3, 0.4) is 0 Å². The van der Waals surface area contributed by atoms with Crippen LogP contribution in [-0.4, -0.2) is 25.5 Å². The van der Waals surface area contributed by atoms with Crippen LogP contribution in [0.25, 0.3) is 10.1 Å². The van der Waals surface area contributed by atoms with Crippen molar-refractivity contribution in [3.05, 3.63) is 35.2 Å². The highest BCUT2D eigenvalue weighted by atomic mass is 32.1. The Kier molecular flexibility index (Phi) is 3.39. The summed E-state index contributed by atoms with van der Waals surface area (Å²) in [4.78, 5) is 22.6. The number of carbonyl (C=O) groups excluding carboxylic acids is 2. The summed E-state index contributed by atoms with van der Waals surface area (Å²) in [5, 5.41) is 5.58. The average Bonchev–Trinajstić information content (AvgIpc) is 2.82. The second-order valence-electron chi connectivity index (χ2n) is 3.43. The van der Waals surface area contributed by atoms with E-state index in [2.05, 4.69) is 10.1 Å². The molecule has 1 amide bonds. The number of hydrogen-bond donors (Lipinski definition) is 1. The number of ether oxygens (including phenoxy) is 1. The van der Waals surface area contributed by atoms with E-state index in [0.29, 0.717) is 5.56 Å². The molecule has 1 heterocycles. The van der Waals surface area contributed by atoms with Gasteiger partial charge in [0.05, 0.1) is 7.11 Å². The zero-order chi connectivity index (χ0) is 12.3. The molecule has 0 saturated heterocycles. The van der Waals surface area contributed by atoms with Gasteiger partial charge in [-0.2, -0.15) is 0 Å². The molecule has 0 unspecified atom stereocenters. The van der Waals surface area contributed by atoms with Crippen LogP contribution in [0.2, 0.25) is 0 Å². The first-order chi connectivity index (χ1) is 8.20. The van der Waals surface area contributed by atoms with Gasteiger partial charge in [-0.15, -0.1) is 11.3 Å². The van der Waals surface area contributed by atoms with E-state index in [1.807, 2.05) is 23.6 Å². The Bertz CT molecular complexity index is 562. The van der Waals surface area contributed by atoms with Crippen LogP contribution in [0.15, 0.2) is 29.6 Å². The first kappa shape index (κ1) is 11.6. The van der Waals surface area contributed by atoms with Crippen LogP contribution in [0, 0.1) is 0 Å². The number of carbonyl (C=O) groups is 2. The summed E-state index contributed by atoms with van der Waals surface area (Å²) >= 11 is 1.58. The van der Waals surface area contributed by atoms with Crippen molar-refractivity contribution < 1.29 is 14.3 Å². The fraction of sp³-hybridized carbons (Fsp3) is 0.167. The quantitative estimate of drug-likeness (QED) is 0.844. The minimum atomic E-state index is -0.462. The number of amides is 1. The van der Waals surface area contributed by atoms with E-state index < -0.39 is 5.97 Å². The summed E-state index contributed by atoms with van der Waals surface area (Å²) in [7, 11) is 1.28. The molecule has 0 atom stereocenters. The van der Waals surface area contributed by atoms with E-state index in [-0.39, 0.29) is 12.5 Å². The molecule has 1 N–H and O–H groups in total. The molecule has 2 rings (SSSR count). The van der Waals surface area contributed by atoms with Crippen LogP contribution in [0.4, 0.5) is 0 Å². The van der Waals surface area contributed by atoms with Gasteiger partial charge in [-0.1, -0.05) is 6.07 Å². The molecule has 17 heavy (non-hydrogen) atoms. The minimum absolute atomic E-state index is 0.113. The van der Waals surface area contributed by atoms with Crippen molar-refractivity contribution in [3.8, 4) is 0 Å². The molecule has 1 aromatic carbocycles. The van der Waals surface area contributed by atoms with Gasteiger partial charge in [0, 0.05) is 10.3 Å². The Morgan fingerprint density at radius 1 is 1.35 bits per heavy atom. The number of nitrogens with one attached hydrogen (secondary N) is 1. The second-order valence-corrected chi connectivity index (χ2v) is 4.38. The van der Waals surface area contributed by atoms with E-state index in [9.17, 15) is 9.59 Å². The number of hydrogen-bond acceptors (Lipinski definition) is 4. The van der Waals surface area contributed by atoms with Crippen molar-refractivity contribution in [2.45, 2.75) is 0 Å². The minimum Gasteiger partial charge on any atom is -0.468 e. The topological polar surface area (TPSA) is 55.4 Å². The smallest absolute Gasteiger partial charge is 0.325 e. The number of esters is 1. The van der Waals surface area contributed by atoms with E-state index in [1.165, 1.54) is 7.11 Å². The van der Waals surface area contributed by atoms with Gasteiger partial charge in [-0.25, -0.2) is 0 Å². The van der Waals surface area contributed by atoms with Gasteiger partial charge in [0.25, 0.3) is 5.91 Å². The molecule has 0 radical (unpaired) electrons. The second kappa shape index (κ2) is 4.97. The predicted octanol–water partition coefficient (Wildman–Crippen LogP) is 1.80. The number of benzene rings is 1. The lowest BCUT2D eigenvalue weighted by Crippen LogP contribution is -2.30. The third-order valence-electron chi connectivity index (χ3n) is 2.34. The zero-order valence-electron chi connectivity index (χ0n) is 9.23. The maximum atomic E-state index is 11.7. The molecule has 0 aliphatic carbocycles. The molecule has 0 aliphatic heterocycles. The molecule has 0 spiro atoms. The summed E-state index contributed by atoms with van der Waals surface area (Å²) in [6.45, 7) is -0.113. The fourth-order valence-corrected chi connectivity index (χ4v) is 2.25. The van der Waals surface area contributed by atoms with E-state index >= 15 is 0 Å². The molecular formula is C12H11NO3S. The normalized spacial score (nSPS) is 10.2. The van der Waals surface area contributed by atoms with Crippen molar-refractivity contribution in [2.24, 2.45) is 0 Å². The van der Waals surface area contributed by atoms with Crippen LogP contribution < -0.4 is 5.32 Å². The highest BCUT2D eigenvalue weighted by molar-refractivity contribution is 7.17. The molecule has 0 aliphatic rings. The first-order valence-electron chi connectivity index (χ1n) is 5.03. The highest BCUT2D eigenvalue weighted by Gasteiger charge is 2.08. The van der Waals surface area contributed by atoms with E-state index in [4.69, 9.17) is 0 Å². The molecule has 2 aromatic rings. The van der Waals surface area contributed by atoms with Crippen molar-refractivity contribution in [2.75, 3.05) is 13.7 Å². The molecule has 0 saturated carbocycles. The fourth-order valence-electron chi connectivity index (χ4n) is 1.42. The lowest BCUT2D eigenvalue weighted by atomic mass is 10.1. The summed E-state index contributed by atoms with van der Waals surface area (Å²) in [6.07, 6.45) is 0.